The molecule has 0 amide bonds. The average Bonchev–Trinajstić information content (AvgIpc) is 2.55. The molecule has 1 aromatic carbocycles. The first-order chi connectivity index (χ1) is 11.2. The van der Waals surface area contributed by atoms with Gasteiger partial charge in [0.2, 0.25) is 0 Å². The van der Waals surface area contributed by atoms with Crippen molar-refractivity contribution < 1.29 is 8.78 Å². The molecular formula is C21H30F2. The maximum absolute atomic E-state index is 12.3. The predicted molar refractivity (Wildman–Crippen MR) is 93.9 cm³/mol. The molecule has 0 saturated heterocycles. The third-order valence-electron chi connectivity index (χ3n) is 5.15. The first-order valence-electron chi connectivity index (χ1n) is 9.30. The van der Waals surface area contributed by atoms with Crippen molar-refractivity contribution in [2.24, 2.45) is 5.92 Å². The summed E-state index contributed by atoms with van der Waals surface area (Å²) in [5, 5.41) is 0. The van der Waals surface area contributed by atoms with Crippen LogP contribution in [0.25, 0.3) is 0 Å². The van der Waals surface area contributed by atoms with Crippen molar-refractivity contribution in [1.82, 2.24) is 0 Å². The van der Waals surface area contributed by atoms with E-state index in [4.69, 9.17) is 0 Å². The van der Waals surface area contributed by atoms with E-state index in [-0.39, 0.29) is 5.92 Å². The van der Waals surface area contributed by atoms with E-state index < -0.39 is 6.08 Å². The van der Waals surface area contributed by atoms with E-state index in [1.165, 1.54) is 49.7 Å². The van der Waals surface area contributed by atoms with Crippen molar-refractivity contribution >= 4 is 0 Å². The molecule has 0 radical (unpaired) electrons. The molecule has 0 aromatic heterocycles. The van der Waals surface area contributed by atoms with Gasteiger partial charge in [0, 0.05) is 0 Å². The SMILES string of the molecule is CCCCCCCc1ccc([C@H]2CC[C@H](C=C(F)F)CC2)cc1. The maximum atomic E-state index is 12.3. The average molecular weight is 320 g/mol. The van der Waals surface area contributed by atoms with Crippen molar-refractivity contribution in [2.75, 3.05) is 0 Å². The minimum atomic E-state index is -1.52. The summed E-state index contributed by atoms with van der Waals surface area (Å²) in [6.45, 7) is 2.25. The summed E-state index contributed by atoms with van der Waals surface area (Å²) in [5.41, 5.74) is 2.82. The zero-order valence-electron chi connectivity index (χ0n) is 14.4. The molecule has 23 heavy (non-hydrogen) atoms. The number of hydrogen-bond acceptors (Lipinski definition) is 0. The monoisotopic (exact) mass is 320 g/mol. The summed E-state index contributed by atoms with van der Waals surface area (Å²) in [6.07, 6.45) is 11.3. The van der Waals surface area contributed by atoms with Crippen LogP contribution in [0.4, 0.5) is 8.78 Å². The van der Waals surface area contributed by atoms with E-state index in [1.54, 1.807) is 0 Å². The molecule has 0 bridgehead atoms. The molecule has 0 nitrogen and oxygen atoms in total. The molecule has 0 unspecified atom stereocenters. The molecule has 0 heterocycles. The van der Waals surface area contributed by atoms with Crippen LogP contribution in [0.15, 0.2) is 36.4 Å². The third-order valence-corrected chi connectivity index (χ3v) is 5.15. The summed E-state index contributed by atoms with van der Waals surface area (Å²) in [5.74, 6) is 0.638. The van der Waals surface area contributed by atoms with Crippen LogP contribution in [0.3, 0.4) is 0 Å². The number of unbranched alkanes of at least 4 members (excludes halogenated alkanes) is 4. The number of hydrogen-bond donors (Lipinski definition) is 0. The van der Waals surface area contributed by atoms with Crippen LogP contribution < -0.4 is 0 Å². The van der Waals surface area contributed by atoms with E-state index in [9.17, 15) is 8.78 Å². The molecule has 0 N–H and O–H groups in total. The molecule has 0 spiro atoms. The Balaban J connectivity index is 1.76. The highest BCUT2D eigenvalue weighted by Gasteiger charge is 2.21. The van der Waals surface area contributed by atoms with Gasteiger partial charge < -0.3 is 0 Å². The normalized spacial score (nSPS) is 21.2. The highest BCUT2D eigenvalue weighted by Crippen LogP contribution is 2.36. The summed E-state index contributed by atoms with van der Waals surface area (Å²) in [7, 11) is 0. The molecule has 1 aliphatic rings. The standard InChI is InChI=1S/C21H30F2/c1-2-3-4-5-6-7-17-8-12-19(13-9-17)20-14-10-18(11-15-20)16-21(22)23/h8-9,12-13,16,18,20H,2-7,10-11,14-15H2,1H3/t18-,20-. The summed E-state index contributed by atoms with van der Waals surface area (Å²) in [4.78, 5) is 0. The minimum Gasteiger partial charge on any atom is -0.174 e. The van der Waals surface area contributed by atoms with Gasteiger partial charge in [-0.3, -0.25) is 0 Å². The Morgan fingerprint density at radius 1 is 0.957 bits per heavy atom. The van der Waals surface area contributed by atoms with Gasteiger partial charge in [-0.05, 0) is 67.6 Å². The Hall–Kier alpha value is -1.18. The van der Waals surface area contributed by atoms with Crippen LogP contribution in [0, 0.1) is 5.92 Å². The second-order valence-corrected chi connectivity index (χ2v) is 6.97. The van der Waals surface area contributed by atoms with Gasteiger partial charge in [-0.25, -0.2) is 0 Å². The molecule has 2 heteroatoms. The van der Waals surface area contributed by atoms with Crippen molar-refractivity contribution in [1.29, 1.82) is 0 Å². The van der Waals surface area contributed by atoms with Crippen molar-refractivity contribution in [3.63, 3.8) is 0 Å². The van der Waals surface area contributed by atoms with Gasteiger partial charge in [0.05, 0.1) is 0 Å². The number of allylic oxidation sites excluding steroid dienone is 1. The molecule has 1 saturated carbocycles. The molecule has 2 rings (SSSR count). The van der Waals surface area contributed by atoms with Crippen LogP contribution in [0.1, 0.15) is 81.8 Å². The third kappa shape index (κ3) is 6.45. The Bertz CT molecular complexity index is 463. The largest absolute Gasteiger partial charge is 0.266 e. The molecule has 0 aliphatic heterocycles. The van der Waals surface area contributed by atoms with Gasteiger partial charge in [-0.2, -0.15) is 8.78 Å². The van der Waals surface area contributed by atoms with Gasteiger partial charge >= 0.3 is 0 Å². The first-order valence-corrected chi connectivity index (χ1v) is 9.30. The molecule has 128 valence electrons. The smallest absolute Gasteiger partial charge is 0.174 e. The molecular weight excluding hydrogens is 290 g/mol. The highest BCUT2D eigenvalue weighted by atomic mass is 19.3. The highest BCUT2D eigenvalue weighted by molar-refractivity contribution is 5.26. The van der Waals surface area contributed by atoms with Crippen molar-refractivity contribution in [3.05, 3.63) is 47.5 Å². The van der Waals surface area contributed by atoms with Crippen molar-refractivity contribution in [2.45, 2.75) is 77.0 Å². The Kier molecular flexibility index (Phi) is 7.78. The predicted octanol–water partition coefficient (Wildman–Crippen LogP) is 7.25. The summed E-state index contributed by atoms with van der Waals surface area (Å²) < 4.78 is 24.6. The van der Waals surface area contributed by atoms with Crippen LogP contribution in [-0.4, -0.2) is 0 Å². The second-order valence-electron chi connectivity index (χ2n) is 6.97. The molecule has 0 atom stereocenters. The van der Waals surface area contributed by atoms with E-state index >= 15 is 0 Å². The lowest BCUT2D eigenvalue weighted by molar-refractivity contribution is 0.351. The Morgan fingerprint density at radius 3 is 2.22 bits per heavy atom. The minimum absolute atomic E-state index is 0.0821. The fraction of sp³-hybridized carbons (Fsp3) is 0.619. The molecule has 1 fully saturated rings. The lowest BCUT2D eigenvalue weighted by Crippen LogP contribution is -2.11. The van der Waals surface area contributed by atoms with Gasteiger partial charge in [0.25, 0.3) is 6.08 Å². The quantitative estimate of drug-likeness (QED) is 0.442. The Labute approximate surface area is 140 Å². The van der Waals surface area contributed by atoms with Crippen LogP contribution in [0.2, 0.25) is 0 Å². The van der Waals surface area contributed by atoms with Gasteiger partial charge in [-0.15, -0.1) is 0 Å². The van der Waals surface area contributed by atoms with Gasteiger partial charge in [0.1, 0.15) is 0 Å². The molecule has 1 aromatic rings. The number of aryl methyl sites for hydroxylation is 1. The number of halogens is 2. The number of rotatable bonds is 8. The van der Waals surface area contributed by atoms with Gasteiger partial charge in [-0.1, -0.05) is 56.9 Å². The van der Waals surface area contributed by atoms with Crippen LogP contribution >= 0.6 is 0 Å². The Morgan fingerprint density at radius 2 is 1.61 bits per heavy atom. The van der Waals surface area contributed by atoms with E-state index in [1.807, 2.05) is 0 Å². The molecule has 1 aliphatic carbocycles. The fourth-order valence-electron chi connectivity index (χ4n) is 3.69. The zero-order chi connectivity index (χ0) is 16.5. The van der Waals surface area contributed by atoms with Crippen LogP contribution in [-0.2, 0) is 6.42 Å². The van der Waals surface area contributed by atoms with E-state index in [2.05, 4.69) is 31.2 Å². The summed E-state index contributed by atoms with van der Waals surface area (Å²) >= 11 is 0. The topological polar surface area (TPSA) is 0 Å². The lowest BCUT2D eigenvalue weighted by Gasteiger charge is -2.27. The van der Waals surface area contributed by atoms with E-state index in [0.29, 0.717) is 5.92 Å². The fourth-order valence-corrected chi connectivity index (χ4v) is 3.69. The zero-order valence-corrected chi connectivity index (χ0v) is 14.4. The lowest BCUT2D eigenvalue weighted by atomic mass is 9.78. The maximum Gasteiger partial charge on any atom is 0.266 e. The number of benzene rings is 1. The van der Waals surface area contributed by atoms with Gasteiger partial charge in [0.15, 0.2) is 0 Å². The second kappa shape index (κ2) is 9.85. The van der Waals surface area contributed by atoms with Crippen molar-refractivity contribution in [3.8, 4) is 0 Å². The summed E-state index contributed by atoms with van der Waals surface area (Å²) in [6, 6.07) is 9.06. The van der Waals surface area contributed by atoms with Crippen LogP contribution in [0.5, 0.6) is 0 Å². The first kappa shape index (κ1) is 18.2. The van der Waals surface area contributed by atoms with E-state index in [0.717, 1.165) is 31.8 Å².